The van der Waals surface area contributed by atoms with Gasteiger partial charge < -0.3 is 9.16 Å². The summed E-state index contributed by atoms with van der Waals surface area (Å²) < 4.78 is 11.2. The average molecular weight is 313 g/mol. The Bertz CT molecular complexity index is 472. The van der Waals surface area contributed by atoms with Crippen molar-refractivity contribution in [1.29, 1.82) is 0 Å². The van der Waals surface area contributed by atoms with Crippen LogP contribution < -0.4 is 0 Å². The molecule has 1 unspecified atom stereocenters. The number of esters is 1. The highest BCUT2D eigenvalue weighted by atomic mass is 32.1. The zero-order chi connectivity index (χ0) is 15.6. The van der Waals surface area contributed by atoms with Crippen molar-refractivity contribution in [2.45, 2.75) is 45.0 Å². The normalized spacial score (nSPS) is 13.9. The molecular formula is C15H24O3SSi. The van der Waals surface area contributed by atoms with Crippen LogP contribution in [0.2, 0.25) is 18.1 Å². The Morgan fingerprint density at radius 2 is 2.00 bits per heavy atom. The molecule has 0 aliphatic rings. The Labute approximate surface area is 126 Å². The molecule has 0 amide bonds. The van der Waals surface area contributed by atoms with Gasteiger partial charge in [-0.15, -0.1) is 11.3 Å². The van der Waals surface area contributed by atoms with Crippen molar-refractivity contribution in [2.24, 2.45) is 0 Å². The van der Waals surface area contributed by atoms with Crippen molar-refractivity contribution in [3.05, 3.63) is 34.5 Å². The Kier molecular flexibility index (Phi) is 5.35. The summed E-state index contributed by atoms with van der Waals surface area (Å²) >= 11 is 1.57. The molecule has 1 rings (SSSR count). The van der Waals surface area contributed by atoms with Crippen molar-refractivity contribution in [1.82, 2.24) is 0 Å². The molecule has 0 saturated carbocycles. The highest BCUT2D eigenvalue weighted by Crippen LogP contribution is 2.42. The van der Waals surface area contributed by atoms with Crippen molar-refractivity contribution in [3.8, 4) is 0 Å². The highest BCUT2D eigenvalue weighted by molar-refractivity contribution is 7.10. The number of thiophene rings is 1. The molecule has 0 N–H and O–H groups in total. The van der Waals surface area contributed by atoms with Gasteiger partial charge in [0.1, 0.15) is 6.10 Å². The first-order chi connectivity index (χ1) is 9.10. The molecule has 0 bridgehead atoms. The summed E-state index contributed by atoms with van der Waals surface area (Å²) in [7, 11) is -0.641. The number of carbonyl (C=O) groups excluding carboxylic acids is 1. The van der Waals surface area contributed by atoms with E-state index >= 15 is 0 Å². The van der Waals surface area contributed by atoms with Gasteiger partial charge in [-0.05, 0) is 29.6 Å². The summed E-state index contributed by atoms with van der Waals surface area (Å²) in [5.41, 5.74) is 0.361. The lowest BCUT2D eigenvalue weighted by Crippen LogP contribution is -2.42. The first kappa shape index (κ1) is 17.1. The molecule has 0 spiro atoms. The van der Waals surface area contributed by atoms with Gasteiger partial charge in [-0.3, -0.25) is 0 Å². The van der Waals surface area contributed by atoms with Gasteiger partial charge in [0.25, 0.3) is 0 Å². The summed E-state index contributed by atoms with van der Waals surface area (Å²) in [4.78, 5) is 12.8. The van der Waals surface area contributed by atoms with Gasteiger partial charge in [0, 0.05) is 4.88 Å². The van der Waals surface area contributed by atoms with Crippen molar-refractivity contribution in [3.63, 3.8) is 0 Å². The predicted molar refractivity (Wildman–Crippen MR) is 86.5 cm³/mol. The van der Waals surface area contributed by atoms with Gasteiger partial charge in [-0.1, -0.05) is 33.4 Å². The van der Waals surface area contributed by atoms with Crippen LogP contribution in [0.3, 0.4) is 0 Å². The second-order valence-corrected chi connectivity index (χ2v) is 12.0. The van der Waals surface area contributed by atoms with E-state index < -0.39 is 20.4 Å². The van der Waals surface area contributed by atoms with E-state index in [1.54, 1.807) is 11.3 Å². The molecule has 20 heavy (non-hydrogen) atoms. The summed E-state index contributed by atoms with van der Waals surface area (Å²) in [6.07, 6.45) is -0.414. The maximum absolute atomic E-state index is 11.8. The summed E-state index contributed by atoms with van der Waals surface area (Å²) in [5, 5.41) is 2.04. The van der Waals surface area contributed by atoms with E-state index in [2.05, 4.69) is 40.4 Å². The second kappa shape index (κ2) is 6.24. The molecular weight excluding hydrogens is 288 g/mol. The smallest absolute Gasteiger partial charge is 0.336 e. The van der Waals surface area contributed by atoms with Crippen LogP contribution in [0, 0.1) is 0 Å². The van der Waals surface area contributed by atoms with Crippen LogP contribution in [-0.4, -0.2) is 21.4 Å². The van der Waals surface area contributed by atoms with Gasteiger partial charge in [-0.25, -0.2) is 4.79 Å². The van der Waals surface area contributed by atoms with E-state index in [0.29, 0.717) is 5.57 Å². The Balaban J connectivity index is 3.08. The molecule has 0 aliphatic heterocycles. The maximum Gasteiger partial charge on any atom is 0.336 e. The highest BCUT2D eigenvalue weighted by Gasteiger charge is 2.41. The van der Waals surface area contributed by atoms with E-state index in [1.165, 1.54) is 7.11 Å². The predicted octanol–water partition coefficient (Wildman–Crippen LogP) is 4.54. The van der Waals surface area contributed by atoms with Gasteiger partial charge in [-0.2, -0.15) is 0 Å². The minimum absolute atomic E-state index is 0.0684. The van der Waals surface area contributed by atoms with Crippen LogP contribution in [0.25, 0.3) is 0 Å². The number of carbonyl (C=O) groups is 1. The zero-order valence-corrected chi connectivity index (χ0v) is 15.0. The first-order valence-corrected chi connectivity index (χ1v) is 10.4. The third-order valence-electron chi connectivity index (χ3n) is 3.78. The lowest BCUT2D eigenvalue weighted by Gasteiger charge is -2.39. The zero-order valence-electron chi connectivity index (χ0n) is 13.1. The van der Waals surface area contributed by atoms with Crippen LogP contribution in [0.1, 0.15) is 31.8 Å². The molecule has 0 radical (unpaired) electrons. The third kappa shape index (κ3) is 3.81. The van der Waals surface area contributed by atoms with E-state index in [-0.39, 0.29) is 5.04 Å². The average Bonchev–Trinajstić information content (AvgIpc) is 2.86. The molecule has 0 fully saturated rings. The van der Waals surface area contributed by atoms with Crippen molar-refractivity contribution in [2.75, 3.05) is 7.11 Å². The molecule has 0 aromatic carbocycles. The maximum atomic E-state index is 11.8. The van der Waals surface area contributed by atoms with Crippen LogP contribution in [-0.2, 0) is 14.0 Å². The van der Waals surface area contributed by atoms with E-state index in [9.17, 15) is 4.79 Å². The lowest BCUT2D eigenvalue weighted by atomic mass is 10.1. The van der Waals surface area contributed by atoms with Crippen molar-refractivity contribution < 1.29 is 14.0 Å². The van der Waals surface area contributed by atoms with E-state index in [1.807, 2.05) is 17.5 Å². The molecule has 0 aliphatic carbocycles. The fourth-order valence-corrected chi connectivity index (χ4v) is 3.53. The van der Waals surface area contributed by atoms with Gasteiger partial charge in [0.05, 0.1) is 12.7 Å². The Morgan fingerprint density at radius 1 is 1.40 bits per heavy atom. The second-order valence-electron chi connectivity index (χ2n) is 6.29. The number of hydrogen-bond donors (Lipinski definition) is 0. The molecule has 112 valence electrons. The fourth-order valence-electron chi connectivity index (χ4n) is 1.45. The van der Waals surface area contributed by atoms with Crippen LogP contribution in [0.15, 0.2) is 29.7 Å². The summed E-state index contributed by atoms with van der Waals surface area (Å²) in [6.45, 7) is 14.7. The third-order valence-corrected chi connectivity index (χ3v) is 9.14. The minimum atomic E-state index is -2.01. The number of ether oxygens (including phenoxy) is 1. The van der Waals surface area contributed by atoms with Gasteiger partial charge in [0.2, 0.25) is 0 Å². The SMILES string of the molecule is C=C(C(=O)OC)C(O[Si](C)(C)C(C)(C)C)c1cccs1. The summed E-state index contributed by atoms with van der Waals surface area (Å²) in [6, 6.07) is 3.92. The minimum Gasteiger partial charge on any atom is -0.466 e. The quantitative estimate of drug-likeness (QED) is 0.455. The Hall–Kier alpha value is -0.913. The fraction of sp³-hybridized carbons (Fsp3) is 0.533. The number of hydrogen-bond acceptors (Lipinski definition) is 4. The lowest BCUT2D eigenvalue weighted by molar-refractivity contribution is -0.137. The Morgan fingerprint density at radius 3 is 2.40 bits per heavy atom. The molecule has 5 heteroatoms. The van der Waals surface area contributed by atoms with Gasteiger partial charge in [0.15, 0.2) is 8.32 Å². The van der Waals surface area contributed by atoms with Crippen molar-refractivity contribution >= 4 is 25.6 Å². The number of rotatable bonds is 5. The molecule has 3 nitrogen and oxygen atoms in total. The van der Waals surface area contributed by atoms with E-state index in [0.717, 1.165) is 4.88 Å². The molecule has 1 aromatic rings. The van der Waals surface area contributed by atoms with Crippen LogP contribution in [0.5, 0.6) is 0 Å². The molecule has 1 atom stereocenters. The largest absolute Gasteiger partial charge is 0.466 e. The summed E-state index contributed by atoms with van der Waals surface area (Å²) in [5.74, 6) is -0.415. The standard InChI is InChI=1S/C15H24O3SSi/c1-11(14(16)17-5)13(12-9-8-10-19-12)18-20(6,7)15(2,3)4/h8-10,13H,1H2,2-7H3. The number of methoxy groups -OCH3 is 1. The molecule has 1 heterocycles. The van der Waals surface area contributed by atoms with Crippen LogP contribution >= 0.6 is 11.3 Å². The van der Waals surface area contributed by atoms with Crippen LogP contribution in [0.4, 0.5) is 0 Å². The molecule has 1 aromatic heterocycles. The van der Waals surface area contributed by atoms with E-state index in [4.69, 9.17) is 9.16 Å². The first-order valence-electron chi connectivity index (χ1n) is 6.58. The molecule has 0 saturated heterocycles. The monoisotopic (exact) mass is 312 g/mol. The van der Waals surface area contributed by atoms with Gasteiger partial charge >= 0.3 is 5.97 Å². The topological polar surface area (TPSA) is 35.5 Å².